The number of benzene rings is 2. The summed E-state index contributed by atoms with van der Waals surface area (Å²) >= 11 is 0. The SMILES string of the molecule is Cc1ccc(S(=O)(=O)O)c(C)c1.Cc1ccc(S(=O)(=O)O)c(C)c1.[Ca]. The normalized spacial score (nSPS) is 11.1. The molecule has 2 rings (SSSR count). The quantitative estimate of drug-likeness (QED) is 0.580. The van der Waals surface area contributed by atoms with Crippen molar-refractivity contribution in [2.45, 2.75) is 37.5 Å². The van der Waals surface area contributed by atoms with Crippen LogP contribution in [0, 0.1) is 27.7 Å². The third-order valence-corrected chi connectivity index (χ3v) is 5.24. The molecule has 0 bridgehead atoms. The fourth-order valence-corrected chi connectivity index (χ4v) is 3.59. The first-order valence-corrected chi connectivity index (χ1v) is 9.80. The minimum atomic E-state index is -4.05. The maximum atomic E-state index is 10.7. The van der Waals surface area contributed by atoms with Gasteiger partial charge in [0.05, 0.1) is 9.79 Å². The molecule has 0 saturated carbocycles. The molecule has 0 aliphatic rings. The van der Waals surface area contributed by atoms with E-state index in [1.54, 1.807) is 38.1 Å². The molecule has 0 fully saturated rings. The van der Waals surface area contributed by atoms with Crippen molar-refractivity contribution in [1.82, 2.24) is 0 Å². The van der Waals surface area contributed by atoms with Gasteiger partial charge in [0.1, 0.15) is 0 Å². The average molecular weight is 413 g/mol. The summed E-state index contributed by atoms with van der Waals surface area (Å²) in [7, 11) is -8.10. The van der Waals surface area contributed by atoms with Gasteiger partial charge in [-0.2, -0.15) is 16.8 Å². The van der Waals surface area contributed by atoms with Gasteiger partial charge in [-0.3, -0.25) is 9.11 Å². The number of hydrogen-bond donors (Lipinski definition) is 2. The third-order valence-electron chi connectivity index (χ3n) is 3.22. The predicted octanol–water partition coefficient (Wildman–Crippen LogP) is 2.72. The van der Waals surface area contributed by atoms with Gasteiger partial charge >= 0.3 is 0 Å². The molecule has 0 spiro atoms. The van der Waals surface area contributed by atoms with Crippen molar-refractivity contribution >= 4 is 58.0 Å². The summed E-state index contributed by atoms with van der Waals surface area (Å²) in [6, 6.07) is 9.53. The Balaban J connectivity index is 0.000000443. The van der Waals surface area contributed by atoms with E-state index in [0.717, 1.165) is 11.1 Å². The first kappa shape index (κ1) is 24.5. The molecule has 0 unspecified atom stereocenters. The fourth-order valence-electron chi connectivity index (χ4n) is 2.18. The summed E-state index contributed by atoms with van der Waals surface area (Å²) in [6.45, 7) is 7.02. The first-order chi connectivity index (χ1) is 10.8. The zero-order chi connectivity index (χ0) is 18.7. The smallest absolute Gasteiger partial charge is 0.282 e. The minimum Gasteiger partial charge on any atom is -0.282 e. The number of hydrogen-bond acceptors (Lipinski definition) is 4. The van der Waals surface area contributed by atoms with E-state index in [0.29, 0.717) is 11.1 Å². The molecule has 0 amide bonds. The molecule has 0 heterocycles. The van der Waals surface area contributed by atoms with Gasteiger partial charge in [0.25, 0.3) is 20.2 Å². The molecule has 9 heteroatoms. The van der Waals surface area contributed by atoms with Crippen LogP contribution in [0.25, 0.3) is 0 Å². The molecular formula is C16H20CaO6S2. The van der Waals surface area contributed by atoms with Crippen LogP contribution >= 0.6 is 0 Å². The molecule has 2 aromatic carbocycles. The van der Waals surface area contributed by atoms with Crippen LogP contribution in [-0.2, 0) is 20.2 Å². The van der Waals surface area contributed by atoms with Gasteiger partial charge in [-0.25, -0.2) is 0 Å². The van der Waals surface area contributed by atoms with Gasteiger partial charge in [-0.05, 0) is 51.0 Å². The Labute approximate surface area is 178 Å². The Morgan fingerprint density at radius 2 is 0.920 bits per heavy atom. The van der Waals surface area contributed by atoms with Gasteiger partial charge in [0, 0.05) is 37.7 Å². The van der Waals surface area contributed by atoms with Crippen LogP contribution in [0.2, 0.25) is 0 Å². The van der Waals surface area contributed by atoms with E-state index in [2.05, 4.69) is 0 Å². The summed E-state index contributed by atoms with van der Waals surface area (Å²) in [6.07, 6.45) is 0. The second-order valence-electron chi connectivity index (χ2n) is 5.49. The van der Waals surface area contributed by atoms with Crippen molar-refractivity contribution in [2.24, 2.45) is 0 Å². The van der Waals surface area contributed by atoms with E-state index in [1.807, 2.05) is 13.8 Å². The maximum Gasteiger partial charge on any atom is 0.294 e. The van der Waals surface area contributed by atoms with Crippen LogP contribution in [0.4, 0.5) is 0 Å². The molecule has 0 aliphatic carbocycles. The van der Waals surface area contributed by atoms with E-state index < -0.39 is 20.2 Å². The molecule has 6 nitrogen and oxygen atoms in total. The average Bonchev–Trinajstić information content (AvgIpc) is 2.35. The Bertz CT molecular complexity index is 871. The largest absolute Gasteiger partial charge is 0.294 e. The van der Waals surface area contributed by atoms with Crippen LogP contribution < -0.4 is 0 Å². The topological polar surface area (TPSA) is 109 Å². The zero-order valence-electron chi connectivity index (χ0n) is 14.5. The fraction of sp³-hybridized carbons (Fsp3) is 0.250. The Kier molecular flexibility index (Phi) is 9.27. The van der Waals surface area contributed by atoms with E-state index >= 15 is 0 Å². The van der Waals surface area contributed by atoms with Crippen LogP contribution in [0.15, 0.2) is 46.2 Å². The van der Waals surface area contributed by atoms with Crippen LogP contribution in [0.1, 0.15) is 22.3 Å². The van der Waals surface area contributed by atoms with E-state index in [9.17, 15) is 16.8 Å². The molecule has 2 aromatic rings. The summed E-state index contributed by atoms with van der Waals surface area (Å²) in [5.74, 6) is 0. The van der Waals surface area contributed by atoms with Crippen LogP contribution in [-0.4, -0.2) is 63.7 Å². The Morgan fingerprint density at radius 3 is 1.12 bits per heavy atom. The first-order valence-electron chi connectivity index (χ1n) is 6.92. The standard InChI is InChI=1S/2C8H10O3S.Ca/c2*1-6-3-4-8(7(2)5-6)12(9,10)11;/h2*3-5H,1-2H3,(H,9,10,11);. The summed E-state index contributed by atoms with van der Waals surface area (Å²) in [5.41, 5.74) is 3.08. The van der Waals surface area contributed by atoms with Crippen molar-refractivity contribution in [3.05, 3.63) is 58.7 Å². The summed E-state index contributed by atoms with van der Waals surface area (Å²) in [4.78, 5) is -0.0406. The molecule has 134 valence electrons. The molecule has 2 radical (unpaired) electrons. The van der Waals surface area contributed by atoms with E-state index in [-0.39, 0.29) is 47.5 Å². The second-order valence-corrected chi connectivity index (χ2v) is 8.27. The monoisotopic (exact) mass is 412 g/mol. The molecule has 2 N–H and O–H groups in total. The summed E-state index contributed by atoms with van der Waals surface area (Å²) in [5, 5.41) is 0. The minimum absolute atomic E-state index is 0. The molecule has 0 aromatic heterocycles. The van der Waals surface area contributed by atoms with Gasteiger partial charge in [-0.1, -0.05) is 35.4 Å². The van der Waals surface area contributed by atoms with Crippen molar-refractivity contribution in [3.8, 4) is 0 Å². The second kappa shape index (κ2) is 9.45. The third kappa shape index (κ3) is 7.74. The van der Waals surface area contributed by atoms with Gasteiger partial charge in [-0.15, -0.1) is 0 Å². The maximum absolute atomic E-state index is 10.7. The van der Waals surface area contributed by atoms with Crippen LogP contribution in [0.3, 0.4) is 0 Å². The Morgan fingerprint density at radius 1 is 0.640 bits per heavy atom. The molecule has 0 aliphatic heterocycles. The van der Waals surface area contributed by atoms with Gasteiger partial charge in [0.2, 0.25) is 0 Å². The van der Waals surface area contributed by atoms with Crippen molar-refractivity contribution in [1.29, 1.82) is 0 Å². The molecular weight excluding hydrogens is 392 g/mol. The zero-order valence-corrected chi connectivity index (χ0v) is 18.4. The molecule has 0 saturated heterocycles. The van der Waals surface area contributed by atoms with Crippen LogP contribution in [0.5, 0.6) is 0 Å². The molecule has 25 heavy (non-hydrogen) atoms. The van der Waals surface area contributed by atoms with E-state index in [4.69, 9.17) is 9.11 Å². The Hall–Kier alpha value is -0.480. The van der Waals surface area contributed by atoms with Gasteiger partial charge < -0.3 is 0 Å². The van der Waals surface area contributed by atoms with Crippen molar-refractivity contribution in [2.75, 3.05) is 0 Å². The molecule has 0 atom stereocenters. The van der Waals surface area contributed by atoms with Crippen molar-refractivity contribution < 1.29 is 25.9 Å². The van der Waals surface area contributed by atoms with Crippen molar-refractivity contribution in [3.63, 3.8) is 0 Å². The number of aryl methyl sites for hydroxylation is 4. The number of rotatable bonds is 2. The summed E-state index contributed by atoms with van der Waals surface area (Å²) < 4.78 is 60.3. The van der Waals surface area contributed by atoms with Gasteiger partial charge in [0.15, 0.2) is 0 Å². The predicted molar refractivity (Wildman–Crippen MR) is 97.2 cm³/mol. The van der Waals surface area contributed by atoms with E-state index in [1.165, 1.54) is 12.1 Å².